The van der Waals surface area contributed by atoms with Crippen LogP contribution in [-0.2, 0) is 10.1 Å². The Balaban J connectivity index is 0. The molecule has 0 aliphatic heterocycles. The van der Waals surface area contributed by atoms with E-state index in [2.05, 4.69) is 0 Å². The first-order valence-corrected chi connectivity index (χ1v) is 6.29. The van der Waals surface area contributed by atoms with Gasteiger partial charge in [-0.1, -0.05) is 11.8 Å². The molecule has 0 aliphatic carbocycles. The van der Waals surface area contributed by atoms with Crippen LogP contribution in [0.3, 0.4) is 0 Å². The number of hydrogen-bond acceptors (Lipinski definition) is 4. The fraction of sp³-hybridized carbons (Fsp3) is 0.833. The van der Waals surface area contributed by atoms with Crippen LogP contribution in [-0.4, -0.2) is 35.1 Å². The molecule has 0 unspecified atom stereocenters. The Hall–Kier alpha value is -0.550. The van der Waals surface area contributed by atoms with Gasteiger partial charge in [0.25, 0.3) is 0 Å². The van der Waals surface area contributed by atoms with Crippen molar-refractivity contribution in [2.45, 2.75) is 25.0 Å². The number of nitrogens with two attached hydrogens (primary N) is 1. The second-order valence-electron chi connectivity index (χ2n) is 3.29. The highest BCUT2D eigenvalue weighted by Crippen LogP contribution is 2.20. The van der Waals surface area contributed by atoms with Crippen molar-refractivity contribution in [1.29, 1.82) is 5.41 Å². The average molecular weight is 300 g/mol. The molecule has 0 fully saturated rings. The Kier molecular flexibility index (Phi) is 7.08. The molecule has 0 amide bonds. The van der Waals surface area contributed by atoms with E-state index in [1.54, 1.807) is 0 Å². The molecule has 0 rings (SSSR count). The van der Waals surface area contributed by atoms with Crippen molar-refractivity contribution in [3.8, 4) is 0 Å². The topological polar surface area (TPSA) is 104 Å². The van der Waals surface area contributed by atoms with Crippen molar-refractivity contribution in [1.82, 2.24) is 0 Å². The largest absolute Gasteiger partial charge is 0.522 e. The van der Waals surface area contributed by atoms with Gasteiger partial charge in [-0.15, -0.1) is 0 Å². The van der Waals surface area contributed by atoms with Gasteiger partial charge in [0.2, 0.25) is 0 Å². The third-order valence-corrected chi connectivity index (χ3v) is 2.59. The molecular formula is C6H12F4N2O3S2. The fourth-order valence-electron chi connectivity index (χ4n) is 0.249. The molecule has 4 N–H and O–H groups in total. The summed E-state index contributed by atoms with van der Waals surface area (Å²) in [7, 11) is -5.84. The minimum Gasteiger partial charge on any atom is -0.379 e. The first kappa shape index (κ1) is 18.8. The lowest BCUT2D eigenvalue weighted by Gasteiger charge is -2.11. The van der Waals surface area contributed by atoms with Gasteiger partial charge in [0.1, 0.15) is 5.67 Å². The molecule has 5 nitrogen and oxygen atoms in total. The number of halogens is 4. The first-order chi connectivity index (χ1) is 7.17. The van der Waals surface area contributed by atoms with E-state index in [0.717, 1.165) is 11.8 Å². The van der Waals surface area contributed by atoms with E-state index in [4.69, 9.17) is 24.1 Å². The lowest BCUT2D eigenvalue weighted by Crippen LogP contribution is -2.21. The van der Waals surface area contributed by atoms with Gasteiger partial charge < -0.3 is 5.73 Å². The minimum absolute atomic E-state index is 0.0271. The second-order valence-corrected chi connectivity index (χ2v) is 5.72. The van der Waals surface area contributed by atoms with Crippen molar-refractivity contribution in [2.24, 2.45) is 5.73 Å². The zero-order valence-electron chi connectivity index (χ0n) is 8.88. The van der Waals surface area contributed by atoms with Crippen molar-refractivity contribution >= 4 is 27.0 Å². The molecule has 104 valence electrons. The number of alkyl halides is 4. The lowest BCUT2D eigenvalue weighted by atomic mass is 10.2. The molecule has 0 aromatic rings. The summed E-state index contributed by atoms with van der Waals surface area (Å²) in [6.07, 6.45) is 0. The van der Waals surface area contributed by atoms with Gasteiger partial charge in [-0.3, -0.25) is 9.96 Å². The Labute approximate surface area is 100 Å². The molecular weight excluding hydrogens is 288 g/mol. The smallest absolute Gasteiger partial charge is 0.379 e. The van der Waals surface area contributed by atoms with E-state index in [1.165, 1.54) is 13.8 Å². The number of thioether (sulfide) groups is 1. The molecule has 11 heteroatoms. The SMILES string of the molecule is CC(C)(F)CSC(=N)N.O=S(=O)(O)C(F)(F)F. The molecule has 0 saturated carbocycles. The Morgan fingerprint density at radius 1 is 1.35 bits per heavy atom. The zero-order valence-corrected chi connectivity index (χ0v) is 10.5. The number of hydrogen-bond donors (Lipinski definition) is 3. The van der Waals surface area contributed by atoms with E-state index in [1.807, 2.05) is 0 Å². The van der Waals surface area contributed by atoms with Gasteiger partial charge in [-0.05, 0) is 13.8 Å². The molecule has 0 bridgehead atoms. The van der Waals surface area contributed by atoms with Crippen LogP contribution in [0.25, 0.3) is 0 Å². The highest BCUT2D eigenvalue weighted by atomic mass is 32.2. The van der Waals surface area contributed by atoms with Gasteiger partial charge in [-0.25, -0.2) is 4.39 Å². The summed E-state index contributed by atoms with van der Waals surface area (Å²) in [5.41, 5.74) is -1.78. The first-order valence-electron chi connectivity index (χ1n) is 3.86. The van der Waals surface area contributed by atoms with Crippen molar-refractivity contribution in [3.63, 3.8) is 0 Å². The summed E-state index contributed by atoms with van der Waals surface area (Å²) in [6.45, 7) is 2.92. The number of nitrogens with one attached hydrogen (secondary N) is 1. The summed E-state index contributed by atoms with van der Waals surface area (Å²) in [5.74, 6) is 0.252. The Morgan fingerprint density at radius 2 is 1.65 bits per heavy atom. The van der Waals surface area contributed by atoms with Gasteiger partial charge in [0, 0.05) is 5.75 Å². The minimum atomic E-state index is -5.84. The van der Waals surface area contributed by atoms with Crippen molar-refractivity contribution in [3.05, 3.63) is 0 Å². The summed E-state index contributed by atoms with van der Waals surface area (Å²) in [6, 6.07) is 0. The second kappa shape index (κ2) is 6.40. The van der Waals surface area contributed by atoms with E-state index in [0.29, 0.717) is 0 Å². The molecule has 0 aliphatic rings. The van der Waals surface area contributed by atoms with Crippen LogP contribution in [0.2, 0.25) is 0 Å². The fourth-order valence-corrected chi connectivity index (χ4v) is 0.748. The molecule has 0 atom stereocenters. The van der Waals surface area contributed by atoms with Crippen LogP contribution in [0, 0.1) is 5.41 Å². The molecule has 0 aromatic carbocycles. The van der Waals surface area contributed by atoms with Gasteiger partial charge in [0.15, 0.2) is 5.17 Å². The van der Waals surface area contributed by atoms with Gasteiger partial charge in [-0.2, -0.15) is 21.6 Å². The average Bonchev–Trinajstić information content (AvgIpc) is 1.96. The van der Waals surface area contributed by atoms with E-state index < -0.39 is 21.3 Å². The Bertz CT molecular complexity index is 347. The molecule has 0 heterocycles. The number of rotatable bonds is 2. The maximum absolute atomic E-state index is 12.6. The van der Waals surface area contributed by atoms with Crippen LogP contribution in [0.4, 0.5) is 17.6 Å². The summed E-state index contributed by atoms with van der Waals surface area (Å²) >= 11 is 1.02. The summed E-state index contributed by atoms with van der Waals surface area (Å²) < 4.78 is 70.1. The standard InChI is InChI=1S/C5H11FN2S.CHF3O3S/c1-5(2,6)3-9-4(7)8;2-1(3,4)8(5,6)7/h3H2,1-2H3,(H3,7,8);(H,5,6,7). The van der Waals surface area contributed by atoms with E-state index in [9.17, 15) is 17.6 Å². The van der Waals surface area contributed by atoms with Crippen LogP contribution in [0.1, 0.15) is 13.8 Å². The Morgan fingerprint density at radius 3 is 1.71 bits per heavy atom. The van der Waals surface area contributed by atoms with Crippen molar-refractivity contribution in [2.75, 3.05) is 5.75 Å². The normalized spacial score (nSPS) is 12.6. The van der Waals surface area contributed by atoms with Gasteiger partial charge in [0.05, 0.1) is 0 Å². The van der Waals surface area contributed by atoms with Crippen LogP contribution >= 0.6 is 11.8 Å². The molecule has 0 radical (unpaired) electrons. The van der Waals surface area contributed by atoms with Crippen LogP contribution in [0.15, 0.2) is 0 Å². The maximum Gasteiger partial charge on any atom is 0.522 e. The lowest BCUT2D eigenvalue weighted by molar-refractivity contribution is -0.0510. The molecule has 0 aromatic heterocycles. The predicted molar refractivity (Wildman–Crippen MR) is 57.2 cm³/mol. The molecule has 0 saturated heterocycles. The van der Waals surface area contributed by atoms with Crippen molar-refractivity contribution < 1.29 is 30.5 Å². The highest BCUT2D eigenvalue weighted by molar-refractivity contribution is 8.13. The van der Waals surface area contributed by atoms with Crippen LogP contribution in [0.5, 0.6) is 0 Å². The van der Waals surface area contributed by atoms with E-state index in [-0.39, 0.29) is 10.9 Å². The summed E-state index contributed by atoms with van der Waals surface area (Å²) in [4.78, 5) is 0. The van der Waals surface area contributed by atoms with Gasteiger partial charge >= 0.3 is 15.6 Å². The maximum atomic E-state index is 12.6. The third kappa shape index (κ3) is 13.4. The zero-order chi connectivity index (χ0) is 14.5. The highest BCUT2D eigenvalue weighted by Gasteiger charge is 2.44. The summed E-state index contributed by atoms with van der Waals surface area (Å²) in [5, 5.41) is 6.72. The molecule has 0 spiro atoms. The molecule has 17 heavy (non-hydrogen) atoms. The predicted octanol–water partition coefficient (Wildman–Crippen LogP) is 1.76. The van der Waals surface area contributed by atoms with E-state index >= 15 is 0 Å². The monoisotopic (exact) mass is 300 g/mol. The number of amidine groups is 1. The third-order valence-electron chi connectivity index (χ3n) is 0.863. The van der Waals surface area contributed by atoms with Crippen LogP contribution < -0.4 is 5.73 Å². The quantitative estimate of drug-likeness (QED) is 0.237.